The highest BCUT2D eigenvalue weighted by molar-refractivity contribution is 6.04. The molecular formula is C22H21N3O3. The van der Waals surface area contributed by atoms with E-state index >= 15 is 0 Å². The minimum absolute atomic E-state index is 0.180. The Hall–Kier alpha value is -3.54. The fourth-order valence-electron chi connectivity index (χ4n) is 3.11. The molecule has 28 heavy (non-hydrogen) atoms. The molecule has 2 aromatic carbocycles. The summed E-state index contributed by atoms with van der Waals surface area (Å²) in [4.78, 5) is 16.9. The van der Waals surface area contributed by atoms with E-state index in [4.69, 9.17) is 9.47 Å². The minimum atomic E-state index is -0.229. The molecule has 1 amide bonds. The van der Waals surface area contributed by atoms with E-state index in [2.05, 4.69) is 47.7 Å². The third-order valence-electron chi connectivity index (χ3n) is 4.65. The standard InChI is InChI=1S/C22H21N3O3/c1-3-15-6-4-5-14(2)21(15)25-20-10-8-17(12-23-20)24-22(26)16-7-9-18-19(11-16)28-13-27-18/h4-12H,3,13H2,1-2H3,(H,23,25)(H,24,26). The Labute approximate surface area is 163 Å². The van der Waals surface area contributed by atoms with Crippen LogP contribution in [0.2, 0.25) is 0 Å². The lowest BCUT2D eigenvalue weighted by atomic mass is 10.1. The molecule has 3 aromatic rings. The van der Waals surface area contributed by atoms with Crippen LogP contribution in [0.1, 0.15) is 28.4 Å². The highest BCUT2D eigenvalue weighted by Crippen LogP contribution is 2.32. The van der Waals surface area contributed by atoms with Gasteiger partial charge in [-0.25, -0.2) is 4.98 Å². The fourth-order valence-corrected chi connectivity index (χ4v) is 3.11. The van der Waals surface area contributed by atoms with Crippen LogP contribution >= 0.6 is 0 Å². The maximum atomic E-state index is 12.5. The van der Waals surface area contributed by atoms with E-state index in [-0.39, 0.29) is 12.7 Å². The first-order valence-electron chi connectivity index (χ1n) is 9.16. The van der Waals surface area contributed by atoms with Crippen LogP contribution in [0.15, 0.2) is 54.7 Å². The van der Waals surface area contributed by atoms with Crippen molar-refractivity contribution in [3.63, 3.8) is 0 Å². The van der Waals surface area contributed by atoms with Gasteiger partial charge in [-0.1, -0.05) is 25.1 Å². The molecule has 2 N–H and O–H groups in total. The zero-order chi connectivity index (χ0) is 19.5. The third-order valence-corrected chi connectivity index (χ3v) is 4.65. The average molecular weight is 375 g/mol. The van der Waals surface area contributed by atoms with Crippen molar-refractivity contribution in [3.05, 3.63) is 71.4 Å². The molecule has 2 heterocycles. The number of nitrogens with one attached hydrogen (secondary N) is 2. The molecule has 1 aromatic heterocycles. The molecule has 142 valence electrons. The van der Waals surface area contributed by atoms with E-state index in [1.54, 1.807) is 24.4 Å². The molecule has 6 heteroatoms. The molecule has 0 radical (unpaired) electrons. The summed E-state index contributed by atoms with van der Waals surface area (Å²) < 4.78 is 10.6. The van der Waals surface area contributed by atoms with Gasteiger partial charge in [0.1, 0.15) is 5.82 Å². The van der Waals surface area contributed by atoms with Crippen LogP contribution in [0.25, 0.3) is 0 Å². The van der Waals surface area contributed by atoms with E-state index in [1.165, 1.54) is 11.1 Å². The zero-order valence-electron chi connectivity index (χ0n) is 15.8. The van der Waals surface area contributed by atoms with Crippen LogP contribution in [-0.4, -0.2) is 17.7 Å². The van der Waals surface area contributed by atoms with E-state index in [0.29, 0.717) is 22.7 Å². The predicted octanol–water partition coefficient (Wildman–Crippen LogP) is 4.68. The van der Waals surface area contributed by atoms with Gasteiger partial charge in [0, 0.05) is 11.3 Å². The highest BCUT2D eigenvalue weighted by Gasteiger charge is 2.16. The Morgan fingerprint density at radius 1 is 1.11 bits per heavy atom. The maximum absolute atomic E-state index is 12.5. The number of rotatable bonds is 5. The summed E-state index contributed by atoms with van der Waals surface area (Å²) in [6, 6.07) is 15.0. The number of carbonyl (C=O) groups is 1. The molecule has 0 saturated heterocycles. The number of para-hydroxylation sites is 1. The van der Waals surface area contributed by atoms with Crippen molar-refractivity contribution in [3.8, 4) is 11.5 Å². The first-order chi connectivity index (χ1) is 13.6. The lowest BCUT2D eigenvalue weighted by molar-refractivity contribution is 0.102. The van der Waals surface area contributed by atoms with Crippen LogP contribution in [0.3, 0.4) is 0 Å². The van der Waals surface area contributed by atoms with Gasteiger partial charge in [-0.15, -0.1) is 0 Å². The van der Waals surface area contributed by atoms with Crippen molar-refractivity contribution in [2.75, 3.05) is 17.4 Å². The second-order valence-corrected chi connectivity index (χ2v) is 6.54. The van der Waals surface area contributed by atoms with Crippen molar-refractivity contribution >= 4 is 23.1 Å². The summed E-state index contributed by atoms with van der Waals surface area (Å²) in [6.07, 6.45) is 2.57. The first-order valence-corrected chi connectivity index (χ1v) is 9.16. The van der Waals surface area contributed by atoms with E-state index in [9.17, 15) is 4.79 Å². The monoisotopic (exact) mass is 375 g/mol. The largest absolute Gasteiger partial charge is 0.454 e. The lowest BCUT2D eigenvalue weighted by Crippen LogP contribution is -2.12. The Morgan fingerprint density at radius 3 is 2.75 bits per heavy atom. The number of aromatic nitrogens is 1. The Bertz CT molecular complexity index is 1020. The number of amides is 1. The van der Waals surface area contributed by atoms with Crippen LogP contribution in [-0.2, 0) is 6.42 Å². The Balaban J connectivity index is 1.46. The summed E-state index contributed by atoms with van der Waals surface area (Å²) in [5, 5.41) is 6.23. The van der Waals surface area contributed by atoms with Gasteiger partial charge in [0.05, 0.1) is 11.9 Å². The SMILES string of the molecule is CCc1cccc(C)c1Nc1ccc(NC(=O)c2ccc3c(c2)OCO3)cn1. The molecular weight excluding hydrogens is 354 g/mol. The number of ether oxygens (including phenoxy) is 2. The van der Waals surface area contributed by atoms with Crippen molar-refractivity contribution in [1.29, 1.82) is 0 Å². The summed E-state index contributed by atoms with van der Waals surface area (Å²) in [7, 11) is 0. The predicted molar refractivity (Wildman–Crippen MR) is 109 cm³/mol. The molecule has 0 bridgehead atoms. The first kappa shape index (κ1) is 17.9. The van der Waals surface area contributed by atoms with Gasteiger partial charge in [0.2, 0.25) is 6.79 Å². The van der Waals surface area contributed by atoms with Gasteiger partial charge < -0.3 is 20.1 Å². The maximum Gasteiger partial charge on any atom is 0.255 e. The topological polar surface area (TPSA) is 72.5 Å². The zero-order valence-corrected chi connectivity index (χ0v) is 15.8. The van der Waals surface area contributed by atoms with Crippen molar-refractivity contribution in [2.24, 2.45) is 0 Å². The third kappa shape index (κ3) is 3.62. The van der Waals surface area contributed by atoms with Crippen molar-refractivity contribution in [2.45, 2.75) is 20.3 Å². The normalized spacial score (nSPS) is 11.9. The summed E-state index contributed by atoms with van der Waals surface area (Å²) in [5.74, 6) is 1.73. The number of benzene rings is 2. The van der Waals surface area contributed by atoms with E-state index < -0.39 is 0 Å². The van der Waals surface area contributed by atoms with Crippen LogP contribution < -0.4 is 20.1 Å². The lowest BCUT2D eigenvalue weighted by Gasteiger charge is -2.14. The number of anilines is 3. The second kappa shape index (κ2) is 7.60. The summed E-state index contributed by atoms with van der Waals surface area (Å²) >= 11 is 0. The molecule has 0 unspecified atom stereocenters. The summed E-state index contributed by atoms with van der Waals surface area (Å²) in [5.41, 5.74) is 4.60. The van der Waals surface area contributed by atoms with Gasteiger partial charge in [0.25, 0.3) is 5.91 Å². The minimum Gasteiger partial charge on any atom is -0.454 e. The molecule has 0 saturated carbocycles. The molecule has 0 atom stereocenters. The van der Waals surface area contributed by atoms with Gasteiger partial charge >= 0.3 is 0 Å². The van der Waals surface area contributed by atoms with Gasteiger partial charge in [-0.2, -0.15) is 0 Å². The molecule has 0 fully saturated rings. The second-order valence-electron chi connectivity index (χ2n) is 6.54. The van der Waals surface area contributed by atoms with Crippen LogP contribution in [0.5, 0.6) is 11.5 Å². The molecule has 0 aliphatic carbocycles. The molecule has 1 aliphatic rings. The quantitative estimate of drug-likeness (QED) is 0.678. The Morgan fingerprint density at radius 2 is 1.96 bits per heavy atom. The molecule has 6 nitrogen and oxygen atoms in total. The number of carbonyl (C=O) groups excluding carboxylic acids is 1. The fraction of sp³-hybridized carbons (Fsp3) is 0.182. The number of hydrogen-bond acceptors (Lipinski definition) is 5. The molecule has 0 spiro atoms. The summed E-state index contributed by atoms with van der Waals surface area (Å²) in [6.45, 7) is 4.38. The average Bonchev–Trinajstić information content (AvgIpc) is 3.18. The highest BCUT2D eigenvalue weighted by atomic mass is 16.7. The van der Waals surface area contributed by atoms with Gasteiger partial charge in [0.15, 0.2) is 11.5 Å². The van der Waals surface area contributed by atoms with Gasteiger partial charge in [-0.3, -0.25) is 4.79 Å². The van der Waals surface area contributed by atoms with Gasteiger partial charge in [-0.05, 0) is 54.8 Å². The smallest absolute Gasteiger partial charge is 0.255 e. The number of aryl methyl sites for hydroxylation is 2. The Kier molecular flexibility index (Phi) is 4.85. The van der Waals surface area contributed by atoms with Crippen LogP contribution in [0.4, 0.5) is 17.2 Å². The number of hydrogen-bond donors (Lipinski definition) is 2. The molecule has 4 rings (SSSR count). The van der Waals surface area contributed by atoms with Crippen molar-refractivity contribution in [1.82, 2.24) is 4.98 Å². The number of fused-ring (bicyclic) bond motifs is 1. The van der Waals surface area contributed by atoms with Crippen molar-refractivity contribution < 1.29 is 14.3 Å². The number of nitrogens with zero attached hydrogens (tertiary/aromatic N) is 1. The van der Waals surface area contributed by atoms with Crippen LogP contribution in [0, 0.1) is 6.92 Å². The van der Waals surface area contributed by atoms with E-state index in [1.807, 2.05) is 12.1 Å². The number of pyridine rings is 1. The van der Waals surface area contributed by atoms with E-state index in [0.717, 1.165) is 17.9 Å². The molecule has 1 aliphatic heterocycles.